The zero-order chi connectivity index (χ0) is 21.7. The predicted octanol–water partition coefficient (Wildman–Crippen LogP) is 4.27. The molecule has 2 atom stereocenters. The van der Waals surface area contributed by atoms with Gasteiger partial charge in [-0.25, -0.2) is 4.79 Å². The van der Waals surface area contributed by atoms with Crippen LogP contribution in [0.5, 0.6) is 0 Å². The van der Waals surface area contributed by atoms with E-state index in [1.807, 2.05) is 41.5 Å². The van der Waals surface area contributed by atoms with Crippen LogP contribution in [0.4, 0.5) is 0 Å². The maximum absolute atomic E-state index is 12.9. The molecule has 0 fully saturated rings. The molecule has 0 aliphatic rings. The monoisotopic (exact) mass is 409 g/mol. The van der Waals surface area contributed by atoms with Crippen LogP contribution < -0.4 is 5.73 Å². The number of nitrogens with two attached hydrogens (primary N) is 1. The summed E-state index contributed by atoms with van der Waals surface area (Å²) in [5, 5.41) is 10.2. The first-order valence-electron chi connectivity index (χ1n) is 9.89. The fourth-order valence-electron chi connectivity index (χ4n) is 4.30. The quantitative estimate of drug-likeness (QED) is 0.340. The highest BCUT2D eigenvalue weighted by Gasteiger charge is 2.57. The minimum atomic E-state index is -2.70. The lowest BCUT2D eigenvalue weighted by atomic mass is 9.89. The van der Waals surface area contributed by atoms with Crippen molar-refractivity contribution >= 4 is 20.3 Å². The van der Waals surface area contributed by atoms with E-state index in [2.05, 4.69) is 0 Å². The number of esters is 1. The Morgan fingerprint density at radius 2 is 1.50 bits per heavy atom. The SMILES string of the molecule is CCOC(=O)[C@@H](c1ccccc1)[C@@](N)(O[Si](C(C)C)(C(C)C)C(C)C)C(=O)O. The minimum absolute atomic E-state index is 0.105. The summed E-state index contributed by atoms with van der Waals surface area (Å²) in [7, 11) is -2.70. The highest BCUT2D eigenvalue weighted by atomic mass is 28.4. The van der Waals surface area contributed by atoms with Crippen LogP contribution in [-0.4, -0.2) is 37.7 Å². The molecule has 0 aliphatic carbocycles. The summed E-state index contributed by atoms with van der Waals surface area (Å²) in [6, 6.07) is 8.63. The van der Waals surface area contributed by atoms with Crippen LogP contribution in [0.3, 0.4) is 0 Å². The molecule has 3 N–H and O–H groups in total. The number of carbonyl (C=O) groups excluding carboxylic acids is 1. The number of ether oxygens (including phenoxy) is 1. The molecule has 0 unspecified atom stereocenters. The zero-order valence-electron chi connectivity index (χ0n) is 18.1. The summed E-state index contributed by atoms with van der Waals surface area (Å²) in [6.07, 6.45) is 0. The molecule has 1 aromatic rings. The van der Waals surface area contributed by atoms with Crippen molar-refractivity contribution in [3.8, 4) is 0 Å². The third kappa shape index (κ3) is 4.64. The Kier molecular flexibility index (Phi) is 8.40. The highest BCUT2D eigenvalue weighted by molar-refractivity contribution is 6.77. The largest absolute Gasteiger partial charge is 0.478 e. The van der Waals surface area contributed by atoms with Gasteiger partial charge in [-0.3, -0.25) is 10.5 Å². The zero-order valence-corrected chi connectivity index (χ0v) is 19.1. The molecule has 0 radical (unpaired) electrons. The maximum atomic E-state index is 12.9. The van der Waals surface area contributed by atoms with Crippen molar-refractivity contribution in [1.29, 1.82) is 0 Å². The fourth-order valence-corrected chi connectivity index (χ4v) is 9.80. The molecule has 0 aromatic heterocycles. The van der Waals surface area contributed by atoms with Crippen molar-refractivity contribution in [3.05, 3.63) is 35.9 Å². The van der Waals surface area contributed by atoms with Gasteiger partial charge < -0.3 is 14.3 Å². The van der Waals surface area contributed by atoms with Gasteiger partial charge in [-0.05, 0) is 29.1 Å². The molecule has 6 nitrogen and oxygen atoms in total. The highest BCUT2D eigenvalue weighted by Crippen LogP contribution is 2.46. The average Bonchev–Trinajstić information content (AvgIpc) is 2.60. The third-order valence-electron chi connectivity index (χ3n) is 5.47. The van der Waals surface area contributed by atoms with Crippen molar-refractivity contribution in [2.24, 2.45) is 5.73 Å². The minimum Gasteiger partial charge on any atom is -0.478 e. The lowest BCUT2D eigenvalue weighted by Crippen LogP contribution is -2.65. The van der Waals surface area contributed by atoms with Crippen LogP contribution in [0.15, 0.2) is 30.3 Å². The van der Waals surface area contributed by atoms with Crippen molar-refractivity contribution in [3.63, 3.8) is 0 Å². The third-order valence-corrected chi connectivity index (χ3v) is 11.6. The number of rotatable bonds is 10. The second-order valence-corrected chi connectivity index (χ2v) is 13.5. The van der Waals surface area contributed by atoms with Crippen molar-refractivity contribution in [2.75, 3.05) is 6.61 Å². The first kappa shape index (κ1) is 24.3. The van der Waals surface area contributed by atoms with Crippen LogP contribution in [0.2, 0.25) is 16.6 Å². The van der Waals surface area contributed by atoms with Crippen molar-refractivity contribution < 1.29 is 23.9 Å². The lowest BCUT2D eigenvalue weighted by molar-refractivity contribution is -0.168. The number of carbonyl (C=O) groups is 2. The Morgan fingerprint density at radius 1 is 1.04 bits per heavy atom. The molecular formula is C21H35NO5Si. The topological polar surface area (TPSA) is 98.9 Å². The summed E-state index contributed by atoms with van der Waals surface area (Å²) >= 11 is 0. The first-order valence-corrected chi connectivity index (χ1v) is 12.0. The Bertz CT molecular complexity index is 640. The Hall–Kier alpha value is -1.70. The van der Waals surface area contributed by atoms with Gasteiger partial charge in [0.1, 0.15) is 5.92 Å². The molecular weight excluding hydrogens is 374 g/mol. The summed E-state index contributed by atoms with van der Waals surface area (Å²) in [5.74, 6) is -3.33. The van der Waals surface area contributed by atoms with Crippen LogP contribution >= 0.6 is 0 Å². The van der Waals surface area contributed by atoms with E-state index in [0.717, 1.165) is 0 Å². The van der Waals surface area contributed by atoms with Gasteiger partial charge in [-0.2, -0.15) is 0 Å². The molecule has 1 rings (SSSR count). The van der Waals surface area contributed by atoms with Gasteiger partial charge in [0, 0.05) is 0 Å². The predicted molar refractivity (Wildman–Crippen MR) is 113 cm³/mol. The second kappa shape index (κ2) is 9.67. The van der Waals surface area contributed by atoms with E-state index in [1.54, 1.807) is 37.3 Å². The van der Waals surface area contributed by atoms with Gasteiger partial charge in [0.05, 0.1) is 6.61 Å². The molecule has 7 heteroatoms. The fraction of sp³-hybridized carbons (Fsp3) is 0.619. The molecule has 0 saturated heterocycles. The summed E-state index contributed by atoms with van der Waals surface area (Å²) < 4.78 is 11.7. The van der Waals surface area contributed by atoms with Gasteiger partial charge in [0.15, 0.2) is 0 Å². The average molecular weight is 410 g/mol. The number of aliphatic carboxylic acids is 1. The Labute approximate surface area is 169 Å². The van der Waals surface area contributed by atoms with E-state index in [0.29, 0.717) is 5.56 Å². The number of hydrogen-bond acceptors (Lipinski definition) is 5. The van der Waals surface area contributed by atoms with E-state index in [4.69, 9.17) is 14.9 Å². The normalized spacial score (nSPS) is 15.5. The van der Waals surface area contributed by atoms with Gasteiger partial charge in [-0.1, -0.05) is 71.9 Å². The van der Waals surface area contributed by atoms with Crippen molar-refractivity contribution in [2.45, 2.75) is 76.7 Å². The van der Waals surface area contributed by atoms with Crippen LogP contribution in [-0.2, 0) is 18.8 Å². The summed E-state index contributed by atoms with van der Waals surface area (Å²) in [4.78, 5) is 25.3. The van der Waals surface area contributed by atoms with E-state index >= 15 is 0 Å². The molecule has 0 saturated carbocycles. The van der Waals surface area contributed by atoms with Gasteiger partial charge in [0.2, 0.25) is 14.0 Å². The molecule has 0 aliphatic heterocycles. The first-order chi connectivity index (χ1) is 12.9. The van der Waals surface area contributed by atoms with Gasteiger partial charge in [-0.15, -0.1) is 0 Å². The smallest absolute Gasteiger partial charge is 0.351 e. The maximum Gasteiger partial charge on any atom is 0.351 e. The number of carboxylic acid groups (broad SMARTS) is 1. The summed E-state index contributed by atoms with van der Waals surface area (Å²) in [6.45, 7) is 14.0. The van der Waals surface area contributed by atoms with Gasteiger partial charge in [0.25, 0.3) is 0 Å². The van der Waals surface area contributed by atoms with Crippen molar-refractivity contribution in [1.82, 2.24) is 0 Å². The number of hydrogen-bond donors (Lipinski definition) is 2. The van der Waals surface area contributed by atoms with E-state index in [-0.39, 0.29) is 23.2 Å². The molecule has 0 bridgehead atoms. The Balaban J connectivity index is 3.66. The van der Waals surface area contributed by atoms with Gasteiger partial charge >= 0.3 is 11.9 Å². The Morgan fingerprint density at radius 3 is 1.86 bits per heavy atom. The molecule has 28 heavy (non-hydrogen) atoms. The van der Waals surface area contributed by atoms with E-state index < -0.39 is 31.9 Å². The van der Waals surface area contributed by atoms with Crippen LogP contribution in [0, 0.1) is 0 Å². The molecule has 0 amide bonds. The van der Waals surface area contributed by atoms with E-state index in [9.17, 15) is 14.7 Å². The molecule has 0 heterocycles. The van der Waals surface area contributed by atoms with E-state index in [1.165, 1.54) is 0 Å². The van der Waals surface area contributed by atoms with Crippen LogP contribution in [0.1, 0.15) is 59.9 Å². The standard InChI is InChI=1S/C21H35NO5Si/c1-8-26-19(23)18(17-12-10-9-11-13-17)21(22,20(24)25)27-28(14(2)3,15(4)5)16(6)7/h9-16,18H,8,22H2,1-7H3,(H,24,25)/t18-,21-/m1/s1. The lowest BCUT2D eigenvalue weighted by Gasteiger charge is -2.48. The number of carboxylic acids is 1. The molecule has 158 valence electrons. The molecule has 1 aromatic carbocycles. The number of benzene rings is 1. The van der Waals surface area contributed by atoms with Crippen LogP contribution in [0.25, 0.3) is 0 Å². The summed E-state index contributed by atoms with van der Waals surface area (Å²) in [5.41, 5.74) is 5.01. The second-order valence-electron chi connectivity index (χ2n) is 8.11. The molecule has 0 spiro atoms.